The van der Waals surface area contributed by atoms with Crippen LogP contribution >= 0.6 is 15.9 Å². The van der Waals surface area contributed by atoms with Crippen LogP contribution in [0.5, 0.6) is 0 Å². The van der Waals surface area contributed by atoms with Crippen molar-refractivity contribution in [1.82, 2.24) is 9.80 Å². The minimum absolute atomic E-state index is 0.207. The topological polar surface area (TPSA) is 32.8 Å². The van der Waals surface area contributed by atoms with E-state index in [4.69, 9.17) is 4.74 Å². The molecule has 2 fully saturated rings. The molecule has 2 aliphatic rings. The third-order valence-corrected chi connectivity index (χ3v) is 4.82. The molecule has 0 aliphatic carbocycles. The average Bonchev–Trinajstić information content (AvgIpc) is 2.97. The van der Waals surface area contributed by atoms with Crippen LogP contribution in [0.4, 0.5) is 0 Å². The standard InChI is InChI=1S/C16H21BrN2O2/c17-14-3-1-2-13(10-14)16(20)12-18-5-4-15(11-18)19-6-8-21-9-7-19/h1-3,10,15H,4-9,11-12H2. The van der Waals surface area contributed by atoms with Crippen LogP contribution in [0.2, 0.25) is 0 Å². The van der Waals surface area contributed by atoms with Gasteiger partial charge in [-0.1, -0.05) is 28.1 Å². The molecule has 0 saturated carbocycles. The average molecular weight is 353 g/mol. The second-order valence-corrected chi connectivity index (χ2v) is 6.68. The first-order valence-electron chi connectivity index (χ1n) is 7.55. The summed E-state index contributed by atoms with van der Waals surface area (Å²) in [4.78, 5) is 17.1. The summed E-state index contributed by atoms with van der Waals surface area (Å²) in [6, 6.07) is 8.24. The van der Waals surface area contributed by atoms with Crippen molar-refractivity contribution in [3.05, 3.63) is 34.3 Å². The molecular weight excluding hydrogens is 332 g/mol. The number of rotatable bonds is 4. The van der Waals surface area contributed by atoms with E-state index in [0.29, 0.717) is 12.6 Å². The van der Waals surface area contributed by atoms with Gasteiger partial charge in [-0.3, -0.25) is 14.6 Å². The van der Waals surface area contributed by atoms with Crippen molar-refractivity contribution in [2.24, 2.45) is 0 Å². The summed E-state index contributed by atoms with van der Waals surface area (Å²) in [5.74, 6) is 0.207. The molecule has 0 spiro atoms. The van der Waals surface area contributed by atoms with Crippen LogP contribution in [0, 0.1) is 0 Å². The van der Waals surface area contributed by atoms with Crippen LogP contribution in [0.25, 0.3) is 0 Å². The van der Waals surface area contributed by atoms with Gasteiger partial charge in [-0.05, 0) is 18.6 Å². The number of carbonyl (C=O) groups excluding carboxylic acids is 1. The van der Waals surface area contributed by atoms with Gasteiger partial charge in [0.25, 0.3) is 0 Å². The molecule has 0 bridgehead atoms. The van der Waals surface area contributed by atoms with Crippen molar-refractivity contribution in [3.8, 4) is 0 Å². The number of likely N-dealkylation sites (tertiary alicyclic amines) is 1. The van der Waals surface area contributed by atoms with E-state index in [1.807, 2.05) is 24.3 Å². The van der Waals surface area contributed by atoms with Crippen LogP contribution in [-0.2, 0) is 4.74 Å². The normalized spacial score (nSPS) is 24.3. The van der Waals surface area contributed by atoms with Gasteiger partial charge in [0.15, 0.2) is 5.78 Å². The monoisotopic (exact) mass is 352 g/mol. The zero-order valence-corrected chi connectivity index (χ0v) is 13.7. The van der Waals surface area contributed by atoms with Crippen molar-refractivity contribution in [2.75, 3.05) is 45.9 Å². The van der Waals surface area contributed by atoms with Crippen molar-refractivity contribution < 1.29 is 9.53 Å². The van der Waals surface area contributed by atoms with Gasteiger partial charge < -0.3 is 4.74 Å². The summed E-state index contributed by atoms with van der Waals surface area (Å²) in [5, 5.41) is 0. The Labute approximate surface area is 134 Å². The van der Waals surface area contributed by atoms with Gasteiger partial charge in [0.1, 0.15) is 0 Å². The highest BCUT2D eigenvalue weighted by Crippen LogP contribution is 2.18. The Morgan fingerprint density at radius 2 is 2.10 bits per heavy atom. The lowest BCUT2D eigenvalue weighted by atomic mass is 10.1. The molecule has 0 amide bonds. The highest BCUT2D eigenvalue weighted by atomic mass is 79.9. The van der Waals surface area contributed by atoms with Gasteiger partial charge in [-0.15, -0.1) is 0 Å². The number of ketones is 1. The zero-order chi connectivity index (χ0) is 14.7. The van der Waals surface area contributed by atoms with Gasteiger partial charge in [0.05, 0.1) is 19.8 Å². The van der Waals surface area contributed by atoms with E-state index in [0.717, 1.165) is 55.8 Å². The van der Waals surface area contributed by atoms with Crippen molar-refractivity contribution in [1.29, 1.82) is 0 Å². The SMILES string of the molecule is O=C(CN1CCC(N2CCOCC2)C1)c1cccc(Br)c1. The number of hydrogen-bond acceptors (Lipinski definition) is 4. The van der Waals surface area contributed by atoms with E-state index in [9.17, 15) is 4.79 Å². The molecule has 1 aromatic rings. The summed E-state index contributed by atoms with van der Waals surface area (Å²) in [7, 11) is 0. The highest BCUT2D eigenvalue weighted by molar-refractivity contribution is 9.10. The van der Waals surface area contributed by atoms with Crippen LogP contribution in [0.15, 0.2) is 28.7 Å². The molecule has 2 aliphatic heterocycles. The molecule has 1 aromatic carbocycles. The summed E-state index contributed by atoms with van der Waals surface area (Å²) in [6.45, 7) is 6.27. The first-order chi connectivity index (χ1) is 10.2. The van der Waals surface area contributed by atoms with Crippen LogP contribution in [-0.4, -0.2) is 67.6 Å². The third-order valence-electron chi connectivity index (χ3n) is 4.32. The molecule has 114 valence electrons. The first kappa shape index (κ1) is 15.2. The van der Waals surface area contributed by atoms with E-state index in [1.165, 1.54) is 0 Å². The summed E-state index contributed by atoms with van der Waals surface area (Å²) in [5.41, 5.74) is 0.791. The molecule has 21 heavy (non-hydrogen) atoms. The fourth-order valence-corrected chi connectivity index (χ4v) is 3.55. The zero-order valence-electron chi connectivity index (χ0n) is 12.1. The third kappa shape index (κ3) is 3.92. The number of carbonyl (C=O) groups is 1. The van der Waals surface area contributed by atoms with Crippen LogP contribution in [0.1, 0.15) is 16.8 Å². The van der Waals surface area contributed by atoms with Gasteiger partial charge in [0, 0.05) is 42.3 Å². The van der Waals surface area contributed by atoms with Crippen LogP contribution < -0.4 is 0 Å². The molecule has 3 rings (SSSR count). The predicted octanol–water partition coefficient (Wildman–Crippen LogP) is 2.04. The number of halogens is 1. The predicted molar refractivity (Wildman–Crippen MR) is 85.7 cm³/mol. The minimum atomic E-state index is 0.207. The molecule has 0 aromatic heterocycles. The van der Waals surface area contributed by atoms with Gasteiger partial charge in [-0.2, -0.15) is 0 Å². The maximum Gasteiger partial charge on any atom is 0.176 e. The highest BCUT2D eigenvalue weighted by Gasteiger charge is 2.29. The number of morpholine rings is 1. The Morgan fingerprint density at radius 3 is 2.86 bits per heavy atom. The number of Topliss-reactive ketones (excluding diaryl/α,β-unsaturated/α-hetero) is 1. The molecule has 1 unspecified atom stereocenters. The van der Waals surface area contributed by atoms with E-state index < -0.39 is 0 Å². The van der Waals surface area contributed by atoms with E-state index >= 15 is 0 Å². The van der Waals surface area contributed by atoms with Crippen molar-refractivity contribution >= 4 is 21.7 Å². The lowest BCUT2D eigenvalue weighted by Gasteiger charge is -2.32. The second kappa shape index (κ2) is 7.01. The van der Waals surface area contributed by atoms with Gasteiger partial charge in [-0.25, -0.2) is 0 Å². The Hall–Kier alpha value is -0.750. The summed E-state index contributed by atoms with van der Waals surface area (Å²) < 4.78 is 6.37. The van der Waals surface area contributed by atoms with E-state index in [2.05, 4.69) is 25.7 Å². The molecular formula is C16H21BrN2O2. The van der Waals surface area contributed by atoms with Gasteiger partial charge in [0.2, 0.25) is 0 Å². The van der Waals surface area contributed by atoms with E-state index in [-0.39, 0.29) is 5.78 Å². The Balaban J connectivity index is 1.53. The van der Waals surface area contributed by atoms with Crippen molar-refractivity contribution in [3.63, 3.8) is 0 Å². The first-order valence-corrected chi connectivity index (χ1v) is 8.34. The molecule has 5 heteroatoms. The second-order valence-electron chi connectivity index (χ2n) is 5.76. The number of benzene rings is 1. The fourth-order valence-electron chi connectivity index (χ4n) is 3.15. The molecule has 2 heterocycles. The Kier molecular flexibility index (Phi) is 5.06. The molecule has 0 radical (unpaired) electrons. The lowest BCUT2D eigenvalue weighted by Crippen LogP contribution is -2.45. The van der Waals surface area contributed by atoms with Crippen LogP contribution in [0.3, 0.4) is 0 Å². The molecule has 1 atom stereocenters. The maximum absolute atomic E-state index is 12.3. The maximum atomic E-state index is 12.3. The number of hydrogen-bond donors (Lipinski definition) is 0. The Morgan fingerprint density at radius 1 is 1.29 bits per heavy atom. The minimum Gasteiger partial charge on any atom is -0.379 e. The summed E-state index contributed by atoms with van der Waals surface area (Å²) >= 11 is 3.42. The molecule has 2 saturated heterocycles. The quantitative estimate of drug-likeness (QED) is 0.776. The lowest BCUT2D eigenvalue weighted by molar-refractivity contribution is 0.0185. The summed E-state index contributed by atoms with van der Waals surface area (Å²) in [6.07, 6.45) is 1.16. The van der Waals surface area contributed by atoms with E-state index in [1.54, 1.807) is 0 Å². The Bertz CT molecular complexity index is 503. The number of nitrogens with zero attached hydrogens (tertiary/aromatic N) is 2. The smallest absolute Gasteiger partial charge is 0.176 e. The van der Waals surface area contributed by atoms with Gasteiger partial charge >= 0.3 is 0 Å². The number of ether oxygens (including phenoxy) is 1. The molecule has 4 nitrogen and oxygen atoms in total. The fraction of sp³-hybridized carbons (Fsp3) is 0.562. The largest absolute Gasteiger partial charge is 0.379 e. The molecule has 0 N–H and O–H groups in total. The van der Waals surface area contributed by atoms with Crippen molar-refractivity contribution in [2.45, 2.75) is 12.5 Å².